The van der Waals surface area contributed by atoms with E-state index >= 15 is 0 Å². The minimum atomic E-state index is -3.41. The number of nitrogens with one attached hydrogen (secondary N) is 1. The van der Waals surface area contributed by atoms with Crippen molar-refractivity contribution in [3.05, 3.63) is 65.7 Å². The number of pyridine rings is 1. The highest BCUT2D eigenvalue weighted by atomic mass is 32.2. The van der Waals surface area contributed by atoms with Crippen molar-refractivity contribution in [1.29, 1.82) is 0 Å². The van der Waals surface area contributed by atoms with Gasteiger partial charge in [-0.3, -0.25) is 9.78 Å². The average molecular weight is 365 g/mol. The minimum Gasteiger partial charge on any atom is -0.351 e. The number of nitrogens with zero attached hydrogens (tertiary/aromatic N) is 2. The molecule has 0 bridgehead atoms. The van der Waals surface area contributed by atoms with Crippen molar-refractivity contribution < 1.29 is 17.6 Å². The Bertz CT molecular complexity index is 796. The summed E-state index contributed by atoms with van der Waals surface area (Å²) in [7, 11) is -3.41. The lowest BCUT2D eigenvalue weighted by atomic mass is 10.1. The van der Waals surface area contributed by atoms with Gasteiger partial charge in [-0.25, -0.2) is 17.1 Å². The molecular formula is C17H20FN3O3S. The number of halogens is 1. The summed E-state index contributed by atoms with van der Waals surface area (Å²) in [5.74, 6) is -0.637. The van der Waals surface area contributed by atoms with E-state index in [2.05, 4.69) is 10.3 Å². The van der Waals surface area contributed by atoms with Crippen LogP contribution in [-0.2, 0) is 16.4 Å². The molecule has 1 heterocycles. The maximum atomic E-state index is 12.9. The maximum absolute atomic E-state index is 12.9. The van der Waals surface area contributed by atoms with Crippen molar-refractivity contribution in [2.75, 3.05) is 25.9 Å². The van der Waals surface area contributed by atoms with E-state index < -0.39 is 10.0 Å². The minimum absolute atomic E-state index is 0.159. The molecule has 1 aromatic carbocycles. The predicted octanol–water partition coefficient (Wildman–Crippen LogP) is 1.45. The molecule has 1 aromatic heterocycles. The molecule has 0 unspecified atom stereocenters. The third-order valence-corrected chi connectivity index (χ3v) is 4.91. The van der Waals surface area contributed by atoms with Crippen LogP contribution in [0.3, 0.4) is 0 Å². The van der Waals surface area contributed by atoms with E-state index in [1.807, 2.05) is 0 Å². The third kappa shape index (κ3) is 6.24. The van der Waals surface area contributed by atoms with E-state index in [0.717, 1.165) is 11.8 Å². The lowest BCUT2D eigenvalue weighted by Crippen LogP contribution is -2.39. The fourth-order valence-electron chi connectivity index (χ4n) is 2.24. The SMILES string of the molecule is CS(=O)(=O)N(CCNC(=O)c1cccnc1)CCc1ccc(F)cc1. The Balaban J connectivity index is 1.88. The summed E-state index contributed by atoms with van der Waals surface area (Å²) in [5, 5.41) is 2.67. The number of sulfonamides is 1. The number of aromatic nitrogens is 1. The van der Waals surface area contributed by atoms with E-state index in [-0.39, 0.29) is 31.4 Å². The number of rotatable bonds is 8. The summed E-state index contributed by atoms with van der Waals surface area (Å²) >= 11 is 0. The highest BCUT2D eigenvalue weighted by molar-refractivity contribution is 7.88. The topological polar surface area (TPSA) is 79.4 Å². The molecule has 0 saturated carbocycles. The Kier molecular flexibility index (Phi) is 6.60. The first kappa shape index (κ1) is 19.0. The maximum Gasteiger partial charge on any atom is 0.252 e. The highest BCUT2D eigenvalue weighted by Gasteiger charge is 2.16. The van der Waals surface area contributed by atoms with Gasteiger partial charge in [0, 0.05) is 32.0 Å². The first-order valence-corrected chi connectivity index (χ1v) is 9.59. The second-order valence-electron chi connectivity index (χ2n) is 5.54. The van der Waals surface area contributed by atoms with Crippen molar-refractivity contribution >= 4 is 15.9 Å². The van der Waals surface area contributed by atoms with Gasteiger partial charge in [0.2, 0.25) is 10.0 Å². The number of carbonyl (C=O) groups excluding carboxylic acids is 1. The molecule has 0 spiro atoms. The van der Waals surface area contributed by atoms with Crippen LogP contribution in [0.25, 0.3) is 0 Å². The van der Waals surface area contributed by atoms with Gasteiger partial charge in [-0.2, -0.15) is 0 Å². The van der Waals surface area contributed by atoms with Gasteiger partial charge < -0.3 is 5.32 Å². The molecule has 134 valence electrons. The second-order valence-corrected chi connectivity index (χ2v) is 7.52. The molecule has 2 aromatic rings. The van der Waals surface area contributed by atoms with Crippen LogP contribution in [-0.4, -0.2) is 49.5 Å². The summed E-state index contributed by atoms with van der Waals surface area (Å²) in [6.07, 6.45) is 4.60. The molecular weight excluding hydrogens is 345 g/mol. The van der Waals surface area contributed by atoms with Crippen LogP contribution in [0.2, 0.25) is 0 Å². The lowest BCUT2D eigenvalue weighted by Gasteiger charge is -2.20. The van der Waals surface area contributed by atoms with Crippen LogP contribution in [0.5, 0.6) is 0 Å². The molecule has 2 rings (SSSR count). The summed E-state index contributed by atoms with van der Waals surface area (Å²) in [4.78, 5) is 15.8. The number of benzene rings is 1. The monoisotopic (exact) mass is 365 g/mol. The molecule has 25 heavy (non-hydrogen) atoms. The molecule has 0 aliphatic rings. The van der Waals surface area contributed by atoms with Crippen LogP contribution < -0.4 is 5.32 Å². The zero-order valence-electron chi connectivity index (χ0n) is 13.9. The summed E-state index contributed by atoms with van der Waals surface area (Å²) in [6, 6.07) is 9.22. The molecule has 1 N–H and O–H groups in total. The summed E-state index contributed by atoms with van der Waals surface area (Å²) < 4.78 is 38.0. The first-order valence-electron chi connectivity index (χ1n) is 7.74. The third-order valence-electron chi connectivity index (χ3n) is 3.60. The van der Waals surface area contributed by atoms with Crippen molar-refractivity contribution in [3.8, 4) is 0 Å². The Hall–Kier alpha value is -2.32. The molecule has 8 heteroatoms. The van der Waals surface area contributed by atoms with Gasteiger partial charge in [0.05, 0.1) is 11.8 Å². The van der Waals surface area contributed by atoms with E-state index in [4.69, 9.17) is 0 Å². The van der Waals surface area contributed by atoms with E-state index in [1.54, 1.807) is 30.5 Å². The normalized spacial score (nSPS) is 11.5. The van der Waals surface area contributed by atoms with Crippen molar-refractivity contribution in [1.82, 2.24) is 14.6 Å². The molecule has 0 atom stereocenters. The fourth-order valence-corrected chi connectivity index (χ4v) is 3.09. The zero-order valence-corrected chi connectivity index (χ0v) is 14.7. The van der Waals surface area contributed by atoms with Crippen LogP contribution in [0.4, 0.5) is 4.39 Å². The Morgan fingerprint density at radius 2 is 1.92 bits per heavy atom. The summed E-state index contributed by atoms with van der Waals surface area (Å²) in [5.41, 5.74) is 1.26. The first-order chi connectivity index (χ1) is 11.9. The van der Waals surface area contributed by atoms with Gasteiger partial charge in [-0.05, 0) is 36.2 Å². The number of amides is 1. The molecule has 0 aliphatic carbocycles. The number of hydrogen-bond acceptors (Lipinski definition) is 4. The average Bonchev–Trinajstić information content (AvgIpc) is 2.59. The van der Waals surface area contributed by atoms with Gasteiger partial charge in [0.15, 0.2) is 0 Å². The van der Waals surface area contributed by atoms with Crippen LogP contribution in [0.15, 0.2) is 48.8 Å². The van der Waals surface area contributed by atoms with Gasteiger partial charge in [0.1, 0.15) is 5.82 Å². The predicted molar refractivity (Wildman–Crippen MR) is 93.1 cm³/mol. The molecule has 6 nitrogen and oxygen atoms in total. The smallest absolute Gasteiger partial charge is 0.252 e. The Morgan fingerprint density at radius 3 is 2.52 bits per heavy atom. The van der Waals surface area contributed by atoms with Crippen molar-refractivity contribution in [3.63, 3.8) is 0 Å². The van der Waals surface area contributed by atoms with Crippen molar-refractivity contribution in [2.45, 2.75) is 6.42 Å². The van der Waals surface area contributed by atoms with Gasteiger partial charge in [-0.15, -0.1) is 0 Å². The Morgan fingerprint density at radius 1 is 1.20 bits per heavy atom. The molecule has 0 aliphatic heterocycles. The molecule has 1 amide bonds. The number of carbonyl (C=O) groups is 1. The lowest BCUT2D eigenvalue weighted by molar-refractivity contribution is 0.0951. The van der Waals surface area contributed by atoms with E-state index in [9.17, 15) is 17.6 Å². The van der Waals surface area contributed by atoms with Gasteiger partial charge >= 0.3 is 0 Å². The van der Waals surface area contributed by atoms with E-state index in [0.29, 0.717) is 12.0 Å². The van der Waals surface area contributed by atoms with Crippen LogP contribution >= 0.6 is 0 Å². The number of hydrogen-bond donors (Lipinski definition) is 1. The standard InChI is InChI=1S/C17H20FN3O3S/c1-25(23,24)21(11-8-14-4-6-16(18)7-5-14)12-10-20-17(22)15-3-2-9-19-13-15/h2-7,9,13H,8,10-12H2,1H3,(H,20,22). The highest BCUT2D eigenvalue weighted by Crippen LogP contribution is 2.06. The van der Waals surface area contributed by atoms with Gasteiger partial charge in [0.25, 0.3) is 5.91 Å². The van der Waals surface area contributed by atoms with Crippen LogP contribution in [0, 0.1) is 5.82 Å². The largest absolute Gasteiger partial charge is 0.351 e. The zero-order chi connectivity index (χ0) is 18.3. The fraction of sp³-hybridized carbons (Fsp3) is 0.294. The Labute approximate surface area is 146 Å². The quantitative estimate of drug-likeness (QED) is 0.768. The molecule has 0 fully saturated rings. The molecule has 0 saturated heterocycles. The second kappa shape index (κ2) is 8.68. The molecule has 0 radical (unpaired) electrons. The van der Waals surface area contributed by atoms with Crippen molar-refractivity contribution in [2.24, 2.45) is 0 Å². The summed E-state index contributed by atoms with van der Waals surface area (Å²) in [6.45, 7) is 0.601. The van der Waals surface area contributed by atoms with E-state index in [1.165, 1.54) is 22.6 Å². The van der Waals surface area contributed by atoms with Crippen LogP contribution in [0.1, 0.15) is 15.9 Å². The van der Waals surface area contributed by atoms with Gasteiger partial charge in [-0.1, -0.05) is 12.1 Å².